The Morgan fingerprint density at radius 1 is 1.50 bits per heavy atom. The van der Waals surface area contributed by atoms with Crippen molar-refractivity contribution in [2.75, 3.05) is 0 Å². The molecule has 0 amide bonds. The highest BCUT2D eigenvalue weighted by atomic mass is 127. The summed E-state index contributed by atoms with van der Waals surface area (Å²) in [6.45, 7) is 4.04. The van der Waals surface area contributed by atoms with Gasteiger partial charge in [-0.05, 0) is 41.4 Å². The molecule has 1 saturated carbocycles. The standard InChI is InChI=1S/C11H10ClIN3/c1-6-2-7(3-6)11-14-4-8-10(12)15-9(13)5-16(8)11/h4-7H,1-3H2/t6-,7-. The van der Waals surface area contributed by atoms with Gasteiger partial charge in [-0.3, -0.25) is 4.40 Å². The van der Waals surface area contributed by atoms with Crippen LogP contribution >= 0.6 is 34.2 Å². The number of aromatic nitrogens is 3. The fourth-order valence-corrected chi connectivity index (χ4v) is 3.09. The van der Waals surface area contributed by atoms with E-state index in [4.69, 9.17) is 11.6 Å². The van der Waals surface area contributed by atoms with Crippen LogP contribution in [0.3, 0.4) is 0 Å². The Labute approximate surface area is 112 Å². The fourth-order valence-electron chi connectivity index (χ4n) is 2.20. The minimum atomic E-state index is 0.524. The van der Waals surface area contributed by atoms with Crippen molar-refractivity contribution in [2.24, 2.45) is 5.92 Å². The molecule has 1 radical (unpaired) electrons. The van der Waals surface area contributed by atoms with Gasteiger partial charge in [-0.15, -0.1) is 0 Å². The van der Waals surface area contributed by atoms with E-state index in [9.17, 15) is 0 Å². The van der Waals surface area contributed by atoms with Crippen LogP contribution in [0.4, 0.5) is 0 Å². The first-order valence-electron chi connectivity index (χ1n) is 5.17. The molecule has 5 heteroatoms. The van der Waals surface area contributed by atoms with Crippen molar-refractivity contribution in [3.05, 3.63) is 34.0 Å². The van der Waals surface area contributed by atoms with Crippen LogP contribution in [0, 0.1) is 16.5 Å². The van der Waals surface area contributed by atoms with Crippen LogP contribution in [0.15, 0.2) is 12.4 Å². The van der Waals surface area contributed by atoms with Gasteiger partial charge < -0.3 is 0 Å². The molecule has 3 nitrogen and oxygen atoms in total. The van der Waals surface area contributed by atoms with Crippen molar-refractivity contribution in [1.29, 1.82) is 0 Å². The van der Waals surface area contributed by atoms with Crippen molar-refractivity contribution in [3.63, 3.8) is 0 Å². The first kappa shape index (κ1) is 10.8. The van der Waals surface area contributed by atoms with Gasteiger partial charge in [0, 0.05) is 12.1 Å². The minimum Gasteiger partial charge on any atom is -0.298 e. The Hall–Kier alpha value is -0.360. The third kappa shape index (κ3) is 1.62. The van der Waals surface area contributed by atoms with E-state index >= 15 is 0 Å². The largest absolute Gasteiger partial charge is 0.298 e. The zero-order valence-electron chi connectivity index (χ0n) is 8.53. The molecule has 1 aliphatic rings. The quantitative estimate of drug-likeness (QED) is 0.742. The highest BCUT2D eigenvalue weighted by Crippen LogP contribution is 2.40. The number of nitrogens with zero attached hydrogens (tertiary/aromatic N) is 3. The van der Waals surface area contributed by atoms with Gasteiger partial charge in [-0.1, -0.05) is 18.5 Å². The molecule has 0 bridgehead atoms. The van der Waals surface area contributed by atoms with Gasteiger partial charge in [0.2, 0.25) is 0 Å². The second-order valence-corrected chi connectivity index (χ2v) is 5.72. The summed E-state index contributed by atoms with van der Waals surface area (Å²) in [5, 5.41) is 0.524. The molecular weight excluding hydrogens is 336 g/mol. The van der Waals surface area contributed by atoms with Crippen LogP contribution in [-0.2, 0) is 0 Å². The number of hydrogen-bond acceptors (Lipinski definition) is 2. The highest BCUT2D eigenvalue weighted by Gasteiger charge is 2.30. The summed E-state index contributed by atoms with van der Waals surface area (Å²) >= 11 is 8.25. The molecule has 0 N–H and O–H groups in total. The van der Waals surface area contributed by atoms with Gasteiger partial charge in [0.25, 0.3) is 0 Å². The zero-order valence-corrected chi connectivity index (χ0v) is 11.4. The molecule has 0 aromatic carbocycles. The van der Waals surface area contributed by atoms with Gasteiger partial charge in [0.1, 0.15) is 15.0 Å². The number of rotatable bonds is 1. The lowest BCUT2D eigenvalue weighted by molar-refractivity contribution is 0.307. The molecule has 0 atom stereocenters. The van der Waals surface area contributed by atoms with Crippen LogP contribution in [0.2, 0.25) is 5.15 Å². The Balaban J connectivity index is 2.12. The number of halogens is 2. The molecule has 2 aromatic heterocycles. The monoisotopic (exact) mass is 346 g/mol. The molecule has 0 aliphatic heterocycles. The van der Waals surface area contributed by atoms with Crippen molar-refractivity contribution >= 4 is 39.7 Å². The van der Waals surface area contributed by atoms with Crippen molar-refractivity contribution < 1.29 is 0 Å². The van der Waals surface area contributed by atoms with Gasteiger partial charge in [-0.25, -0.2) is 9.97 Å². The average molecular weight is 347 g/mol. The van der Waals surface area contributed by atoms with E-state index in [1.54, 1.807) is 6.20 Å². The third-order valence-electron chi connectivity index (χ3n) is 3.08. The maximum absolute atomic E-state index is 6.08. The number of imidazole rings is 1. The number of hydrogen-bond donors (Lipinski definition) is 0. The minimum absolute atomic E-state index is 0.524. The summed E-state index contributed by atoms with van der Waals surface area (Å²) in [5.74, 6) is 2.20. The molecule has 0 spiro atoms. The summed E-state index contributed by atoms with van der Waals surface area (Å²) in [4.78, 5) is 8.67. The lowest BCUT2D eigenvalue weighted by Gasteiger charge is -2.31. The predicted molar refractivity (Wildman–Crippen MR) is 71.5 cm³/mol. The van der Waals surface area contributed by atoms with E-state index < -0.39 is 0 Å². The SMILES string of the molecule is [CH2][C@H]1C[C@H](c2ncc3c(Cl)nc(I)cn32)C1. The summed E-state index contributed by atoms with van der Waals surface area (Å²) < 4.78 is 2.95. The summed E-state index contributed by atoms with van der Waals surface area (Å²) in [5.41, 5.74) is 0.893. The van der Waals surface area contributed by atoms with Crippen molar-refractivity contribution in [3.8, 4) is 0 Å². The van der Waals surface area contributed by atoms with E-state index in [-0.39, 0.29) is 0 Å². The molecule has 83 valence electrons. The predicted octanol–water partition coefficient (Wildman–Crippen LogP) is 3.31. The molecular formula is C11H10ClIN3. The van der Waals surface area contributed by atoms with E-state index in [2.05, 4.69) is 43.9 Å². The molecule has 1 fully saturated rings. The van der Waals surface area contributed by atoms with E-state index in [1.807, 2.05) is 6.20 Å². The third-order valence-corrected chi connectivity index (χ3v) is 3.88. The number of fused-ring (bicyclic) bond motifs is 1. The van der Waals surface area contributed by atoms with E-state index in [0.29, 0.717) is 17.0 Å². The molecule has 2 heterocycles. The first-order valence-corrected chi connectivity index (χ1v) is 6.63. The van der Waals surface area contributed by atoms with E-state index in [1.165, 1.54) is 0 Å². The topological polar surface area (TPSA) is 30.2 Å². The maximum atomic E-state index is 6.08. The summed E-state index contributed by atoms with van der Waals surface area (Å²) in [6, 6.07) is 0. The summed E-state index contributed by atoms with van der Waals surface area (Å²) in [7, 11) is 0. The average Bonchev–Trinajstić information content (AvgIpc) is 2.56. The van der Waals surface area contributed by atoms with Gasteiger partial charge in [0.05, 0.1) is 6.20 Å². The van der Waals surface area contributed by atoms with Gasteiger partial charge >= 0.3 is 0 Å². The second-order valence-electron chi connectivity index (χ2n) is 4.26. The van der Waals surface area contributed by atoms with Crippen molar-refractivity contribution in [1.82, 2.24) is 14.4 Å². The van der Waals surface area contributed by atoms with Crippen molar-refractivity contribution in [2.45, 2.75) is 18.8 Å². The van der Waals surface area contributed by atoms with Crippen LogP contribution < -0.4 is 0 Å². The molecule has 0 unspecified atom stereocenters. The lowest BCUT2D eigenvalue weighted by Crippen LogP contribution is -2.21. The normalized spacial score (nSPS) is 24.7. The Morgan fingerprint density at radius 2 is 2.25 bits per heavy atom. The summed E-state index contributed by atoms with van der Waals surface area (Å²) in [6.07, 6.45) is 6.03. The smallest absolute Gasteiger partial charge is 0.155 e. The Bertz CT molecular complexity index is 545. The van der Waals surface area contributed by atoms with Gasteiger partial charge in [0.15, 0.2) is 5.15 Å². The fraction of sp³-hybridized carbons (Fsp3) is 0.364. The van der Waals surface area contributed by atoms with Crippen LogP contribution in [0.25, 0.3) is 5.52 Å². The second kappa shape index (κ2) is 3.84. The van der Waals surface area contributed by atoms with Crippen LogP contribution in [0.5, 0.6) is 0 Å². The first-order chi connectivity index (χ1) is 7.65. The Morgan fingerprint density at radius 3 is 2.94 bits per heavy atom. The zero-order chi connectivity index (χ0) is 11.3. The highest BCUT2D eigenvalue weighted by molar-refractivity contribution is 14.1. The van der Waals surface area contributed by atoms with Crippen LogP contribution in [0.1, 0.15) is 24.6 Å². The molecule has 3 rings (SSSR count). The molecule has 0 saturated heterocycles. The van der Waals surface area contributed by atoms with Crippen LogP contribution in [-0.4, -0.2) is 14.4 Å². The van der Waals surface area contributed by atoms with E-state index in [0.717, 1.165) is 27.9 Å². The molecule has 16 heavy (non-hydrogen) atoms. The molecule has 1 aliphatic carbocycles. The maximum Gasteiger partial charge on any atom is 0.155 e. The lowest BCUT2D eigenvalue weighted by atomic mass is 9.76. The van der Waals surface area contributed by atoms with Gasteiger partial charge in [-0.2, -0.15) is 0 Å². The molecule has 2 aromatic rings. The Kier molecular flexibility index (Phi) is 2.58.